The molecule has 1 fully saturated rings. The van der Waals surface area contributed by atoms with Crippen LogP contribution in [0.4, 0.5) is 15.8 Å². The average molecular weight is 596 g/mol. The van der Waals surface area contributed by atoms with E-state index in [9.17, 15) is 23.6 Å². The second kappa shape index (κ2) is 11.8. The maximum Gasteiger partial charge on any atom is 0.261 e. The zero-order valence-electron chi connectivity index (χ0n) is 24.2. The number of rotatable bonds is 6. The van der Waals surface area contributed by atoms with Crippen molar-refractivity contribution in [2.24, 2.45) is 0 Å². The van der Waals surface area contributed by atoms with E-state index in [4.69, 9.17) is 4.74 Å². The summed E-state index contributed by atoms with van der Waals surface area (Å²) in [5, 5.41) is 5.56. The molecule has 3 amide bonds. The molecule has 0 bridgehead atoms. The van der Waals surface area contributed by atoms with Crippen LogP contribution in [0.5, 0.6) is 0 Å². The zero-order chi connectivity index (χ0) is 31.0. The minimum atomic E-state index is -0.633. The molecule has 0 saturated carbocycles. The molecule has 0 radical (unpaired) electrons. The Balaban J connectivity index is 1.21. The van der Waals surface area contributed by atoms with Crippen molar-refractivity contribution in [1.29, 1.82) is 0 Å². The van der Waals surface area contributed by atoms with Gasteiger partial charge in [0.2, 0.25) is 11.3 Å². The molecule has 1 saturated heterocycles. The number of fused-ring (bicyclic) bond motifs is 1. The molecular weight excluding hydrogens is 565 g/mol. The van der Waals surface area contributed by atoms with Crippen molar-refractivity contribution in [3.63, 3.8) is 0 Å². The molecule has 4 N–H and O–H groups in total. The second-order valence-corrected chi connectivity index (χ2v) is 10.8. The van der Waals surface area contributed by atoms with E-state index in [2.05, 4.69) is 20.6 Å². The Kier molecular flexibility index (Phi) is 7.71. The molecule has 0 spiro atoms. The highest BCUT2D eigenvalue weighted by Crippen LogP contribution is 2.36. The summed E-state index contributed by atoms with van der Waals surface area (Å²) in [7, 11) is 0. The number of benzene rings is 2. The number of carbonyl (C=O) groups is 3. The molecule has 0 aliphatic carbocycles. The molecule has 11 heteroatoms. The first-order valence-electron chi connectivity index (χ1n) is 14.2. The van der Waals surface area contributed by atoms with E-state index in [1.807, 2.05) is 18.7 Å². The number of hydrogen-bond donors (Lipinski definition) is 4. The molecule has 4 heterocycles. The topological polar surface area (TPSA) is 136 Å². The first-order chi connectivity index (χ1) is 21.2. The summed E-state index contributed by atoms with van der Waals surface area (Å²) >= 11 is 0. The van der Waals surface area contributed by atoms with E-state index >= 15 is 0 Å². The van der Waals surface area contributed by atoms with Gasteiger partial charge in [0, 0.05) is 53.7 Å². The van der Waals surface area contributed by atoms with Crippen LogP contribution in [-0.4, -0.2) is 58.9 Å². The number of ether oxygens (including phenoxy) is 1. The molecule has 4 aromatic rings. The summed E-state index contributed by atoms with van der Waals surface area (Å²) in [4.78, 5) is 59.9. The number of morpholine rings is 1. The van der Waals surface area contributed by atoms with Crippen LogP contribution in [0.2, 0.25) is 0 Å². The third-order valence-corrected chi connectivity index (χ3v) is 8.02. The van der Waals surface area contributed by atoms with Crippen LogP contribution < -0.4 is 16.1 Å². The van der Waals surface area contributed by atoms with E-state index in [0.29, 0.717) is 54.4 Å². The van der Waals surface area contributed by atoms with E-state index < -0.39 is 17.2 Å². The Morgan fingerprint density at radius 3 is 2.52 bits per heavy atom. The number of aryl methyl sites for hydroxylation is 1. The maximum atomic E-state index is 13.3. The van der Waals surface area contributed by atoms with Crippen LogP contribution in [0, 0.1) is 19.7 Å². The highest BCUT2D eigenvalue weighted by molar-refractivity contribution is 6.35. The van der Waals surface area contributed by atoms with Gasteiger partial charge in [-0.25, -0.2) is 4.39 Å². The van der Waals surface area contributed by atoms with Crippen molar-refractivity contribution in [1.82, 2.24) is 14.9 Å². The maximum absolute atomic E-state index is 13.3. The highest BCUT2D eigenvalue weighted by Gasteiger charge is 2.27. The van der Waals surface area contributed by atoms with Crippen LogP contribution in [0.25, 0.3) is 22.8 Å². The minimum absolute atomic E-state index is 0.0420. The number of aromatic nitrogens is 2. The van der Waals surface area contributed by atoms with Crippen LogP contribution in [0.1, 0.15) is 38.4 Å². The lowest BCUT2D eigenvalue weighted by Gasteiger charge is -2.27. The van der Waals surface area contributed by atoms with Gasteiger partial charge in [-0.05, 0) is 60.9 Å². The highest BCUT2D eigenvalue weighted by atomic mass is 19.1. The number of anilines is 2. The number of nitrogens with one attached hydrogen (secondary N) is 4. The van der Waals surface area contributed by atoms with Gasteiger partial charge in [0.15, 0.2) is 0 Å². The fourth-order valence-electron chi connectivity index (χ4n) is 5.56. The number of pyridine rings is 1. The second-order valence-electron chi connectivity index (χ2n) is 10.8. The van der Waals surface area contributed by atoms with Gasteiger partial charge in [0.25, 0.3) is 11.8 Å². The van der Waals surface area contributed by atoms with Crippen LogP contribution in [0.3, 0.4) is 0 Å². The van der Waals surface area contributed by atoms with E-state index in [1.54, 1.807) is 24.3 Å². The van der Waals surface area contributed by atoms with Crippen LogP contribution >= 0.6 is 0 Å². The van der Waals surface area contributed by atoms with Crippen LogP contribution in [-0.2, 0) is 20.7 Å². The largest absolute Gasteiger partial charge is 0.378 e. The molecule has 2 aliphatic rings. The smallest absolute Gasteiger partial charge is 0.261 e. The fourth-order valence-corrected chi connectivity index (χ4v) is 5.56. The van der Waals surface area contributed by atoms with Gasteiger partial charge in [0.1, 0.15) is 11.4 Å². The molecule has 44 heavy (non-hydrogen) atoms. The van der Waals surface area contributed by atoms with Crippen molar-refractivity contribution in [3.8, 4) is 11.1 Å². The van der Waals surface area contributed by atoms with Gasteiger partial charge in [-0.2, -0.15) is 0 Å². The van der Waals surface area contributed by atoms with Gasteiger partial charge in [-0.3, -0.25) is 19.2 Å². The molecule has 10 nitrogen and oxygen atoms in total. The monoisotopic (exact) mass is 595 g/mol. The number of halogens is 1. The fraction of sp³-hybridized carbons (Fsp3) is 0.212. The Morgan fingerprint density at radius 2 is 1.77 bits per heavy atom. The van der Waals surface area contributed by atoms with Crippen molar-refractivity contribution < 1.29 is 23.5 Å². The third kappa shape index (κ3) is 5.57. The lowest BCUT2D eigenvalue weighted by molar-refractivity contribution is -0.134. The van der Waals surface area contributed by atoms with E-state index in [0.717, 1.165) is 22.5 Å². The van der Waals surface area contributed by atoms with Crippen molar-refractivity contribution in [2.45, 2.75) is 20.3 Å². The Bertz CT molecular complexity index is 1880. The number of carbonyl (C=O) groups excluding carboxylic acids is 3. The van der Waals surface area contributed by atoms with E-state index in [1.165, 1.54) is 36.7 Å². The molecule has 0 atom stereocenters. The zero-order valence-corrected chi connectivity index (χ0v) is 24.2. The van der Waals surface area contributed by atoms with Gasteiger partial charge in [-0.15, -0.1) is 0 Å². The Hall–Kier alpha value is -5.29. The Morgan fingerprint density at radius 1 is 1.02 bits per heavy atom. The molecular formula is C33H30FN5O5. The average Bonchev–Trinajstić information content (AvgIpc) is 3.47. The summed E-state index contributed by atoms with van der Waals surface area (Å²) in [6.45, 7) is 6.08. The summed E-state index contributed by atoms with van der Waals surface area (Å²) in [5.41, 5.74) is 5.50. The number of aromatic amines is 2. The number of nitrogens with zero attached hydrogens (tertiary/aromatic N) is 1. The molecule has 2 aromatic carbocycles. The Labute approximate surface area is 251 Å². The van der Waals surface area contributed by atoms with E-state index in [-0.39, 0.29) is 29.4 Å². The van der Waals surface area contributed by atoms with Crippen molar-refractivity contribution in [2.75, 3.05) is 36.9 Å². The predicted octanol–water partition coefficient (Wildman–Crippen LogP) is 4.27. The van der Waals surface area contributed by atoms with Crippen molar-refractivity contribution in [3.05, 3.63) is 105 Å². The first-order valence-corrected chi connectivity index (χ1v) is 14.2. The van der Waals surface area contributed by atoms with Gasteiger partial charge in [0.05, 0.1) is 30.9 Å². The summed E-state index contributed by atoms with van der Waals surface area (Å²) in [6.07, 6.45) is 4.80. The lowest BCUT2D eigenvalue weighted by atomic mass is 10.0. The quantitative estimate of drug-likeness (QED) is 0.247. The third-order valence-electron chi connectivity index (χ3n) is 8.02. The van der Waals surface area contributed by atoms with Crippen LogP contribution in [0.15, 0.2) is 59.7 Å². The van der Waals surface area contributed by atoms with Gasteiger partial charge < -0.3 is 30.2 Å². The number of amides is 3. The predicted molar refractivity (Wildman–Crippen MR) is 165 cm³/mol. The molecule has 0 unspecified atom stereocenters. The SMILES string of the molecule is Cc1[nH]c(C=C2C(=O)Nc3cc(NC(=O)c4c[nH]cc(-c5ccc(F)cc5)c4=O)ccc32)c(C)c1CC(=O)N1CCOCC1. The van der Waals surface area contributed by atoms with Gasteiger partial charge in [-0.1, -0.05) is 18.2 Å². The molecule has 2 aliphatic heterocycles. The standard InChI is InChI=1S/C33H30FN5O5/c1-18-24(15-30(40)39-9-11-44-12-10-39)19(2)36-28(18)14-25-23-8-7-22(13-29(23)38-32(25)42)37-33(43)27-17-35-16-26(31(27)41)20-3-5-21(34)6-4-20/h3-8,13-14,16-17,36H,9-12,15H2,1-2H3,(H,35,41)(H,37,43)(H,38,42). The number of hydrogen-bond acceptors (Lipinski definition) is 5. The summed E-state index contributed by atoms with van der Waals surface area (Å²) in [6, 6.07) is 10.4. The summed E-state index contributed by atoms with van der Waals surface area (Å²) in [5.74, 6) is -1.32. The molecule has 6 rings (SSSR count). The molecule has 2 aromatic heterocycles. The first kappa shape index (κ1) is 28.8. The lowest BCUT2D eigenvalue weighted by Crippen LogP contribution is -2.41. The minimum Gasteiger partial charge on any atom is -0.378 e. The van der Waals surface area contributed by atoms with Crippen molar-refractivity contribution >= 4 is 40.7 Å². The number of H-pyrrole nitrogens is 2. The molecule has 224 valence electrons. The summed E-state index contributed by atoms with van der Waals surface area (Å²) < 4.78 is 18.7. The van der Waals surface area contributed by atoms with Gasteiger partial charge >= 0.3 is 0 Å². The normalized spacial score (nSPS) is 15.3.